The van der Waals surface area contributed by atoms with Gasteiger partial charge in [0.15, 0.2) is 0 Å². The van der Waals surface area contributed by atoms with Crippen LogP contribution in [0.2, 0.25) is 0 Å². The minimum Gasteiger partial charge on any atom is -0.495 e. The van der Waals surface area contributed by atoms with Gasteiger partial charge in [0.2, 0.25) is 0 Å². The molecule has 0 unspecified atom stereocenters. The maximum absolute atomic E-state index is 13.0. The zero-order valence-electron chi connectivity index (χ0n) is 12.0. The van der Waals surface area contributed by atoms with E-state index in [1.54, 1.807) is 25.1 Å². The van der Waals surface area contributed by atoms with Gasteiger partial charge in [-0.1, -0.05) is 18.2 Å². The summed E-state index contributed by atoms with van der Waals surface area (Å²) in [6.07, 6.45) is -4.59. The molecule has 0 spiro atoms. The summed E-state index contributed by atoms with van der Waals surface area (Å²) in [5.74, 6) is -0.458. The number of halogens is 3. The van der Waals surface area contributed by atoms with E-state index in [1.165, 1.54) is 19.2 Å². The molecule has 0 radical (unpaired) electrons. The van der Waals surface area contributed by atoms with Crippen LogP contribution in [0, 0.1) is 6.92 Å². The summed E-state index contributed by atoms with van der Waals surface area (Å²) < 4.78 is 44.0. The van der Waals surface area contributed by atoms with Crippen molar-refractivity contribution in [3.8, 4) is 5.75 Å². The van der Waals surface area contributed by atoms with Crippen LogP contribution in [0.5, 0.6) is 5.75 Å². The number of alkyl halides is 3. The summed E-state index contributed by atoms with van der Waals surface area (Å²) in [6, 6.07) is 9.69. The molecule has 0 aliphatic heterocycles. The van der Waals surface area contributed by atoms with Crippen LogP contribution in [0.25, 0.3) is 0 Å². The number of carbonyl (C=O) groups is 1. The summed E-state index contributed by atoms with van der Waals surface area (Å²) in [5, 5.41) is 2.47. The molecule has 2 rings (SSSR count). The molecular weight excluding hydrogens is 295 g/mol. The van der Waals surface area contributed by atoms with E-state index in [-0.39, 0.29) is 0 Å². The van der Waals surface area contributed by atoms with Crippen LogP contribution in [0.3, 0.4) is 0 Å². The van der Waals surface area contributed by atoms with E-state index in [2.05, 4.69) is 5.32 Å². The molecule has 0 aromatic heterocycles. The van der Waals surface area contributed by atoms with Gasteiger partial charge in [-0.05, 0) is 36.8 Å². The number of amides is 1. The van der Waals surface area contributed by atoms with Gasteiger partial charge in [0.05, 0.1) is 23.9 Å². The average molecular weight is 309 g/mol. The number of rotatable bonds is 3. The van der Waals surface area contributed by atoms with Gasteiger partial charge in [-0.25, -0.2) is 0 Å². The van der Waals surface area contributed by atoms with Crippen molar-refractivity contribution < 1.29 is 22.7 Å². The van der Waals surface area contributed by atoms with Crippen LogP contribution in [0.4, 0.5) is 18.9 Å². The third kappa shape index (κ3) is 3.39. The number of hydrogen-bond acceptors (Lipinski definition) is 2. The minimum atomic E-state index is -4.59. The fraction of sp³-hybridized carbons (Fsp3) is 0.188. The van der Waals surface area contributed by atoms with Crippen molar-refractivity contribution in [2.45, 2.75) is 13.1 Å². The highest BCUT2D eigenvalue weighted by Crippen LogP contribution is 2.33. The summed E-state index contributed by atoms with van der Waals surface area (Å²) in [5.41, 5.74) is -0.234. The highest BCUT2D eigenvalue weighted by Gasteiger charge is 2.34. The van der Waals surface area contributed by atoms with E-state index in [1.807, 2.05) is 0 Å². The van der Waals surface area contributed by atoms with E-state index < -0.39 is 23.2 Å². The molecule has 3 nitrogen and oxygen atoms in total. The Hall–Kier alpha value is -2.50. The molecule has 0 atom stereocenters. The highest BCUT2D eigenvalue weighted by atomic mass is 19.4. The molecule has 0 aliphatic carbocycles. The Morgan fingerprint density at radius 2 is 1.82 bits per heavy atom. The molecule has 116 valence electrons. The van der Waals surface area contributed by atoms with Crippen LogP contribution < -0.4 is 10.1 Å². The number of carbonyl (C=O) groups excluding carboxylic acids is 1. The molecule has 0 bridgehead atoms. The highest BCUT2D eigenvalue weighted by molar-refractivity contribution is 6.06. The SMILES string of the molecule is COc1ccc(C)cc1NC(=O)c1ccccc1C(F)(F)F. The Labute approximate surface area is 125 Å². The van der Waals surface area contributed by atoms with Gasteiger partial charge in [0, 0.05) is 0 Å². The molecule has 0 fully saturated rings. The second kappa shape index (κ2) is 6.09. The van der Waals surface area contributed by atoms with E-state index in [0.717, 1.165) is 17.7 Å². The summed E-state index contributed by atoms with van der Waals surface area (Å²) in [6.45, 7) is 1.80. The van der Waals surface area contributed by atoms with E-state index in [4.69, 9.17) is 4.74 Å². The zero-order valence-corrected chi connectivity index (χ0v) is 12.0. The van der Waals surface area contributed by atoms with Crippen LogP contribution in [-0.2, 0) is 6.18 Å². The standard InChI is InChI=1S/C16H14F3NO2/c1-10-7-8-14(22-2)13(9-10)20-15(21)11-5-3-4-6-12(11)16(17,18)19/h3-9H,1-2H3,(H,20,21). The molecule has 0 heterocycles. The van der Waals surface area contributed by atoms with Crippen LogP contribution in [0.15, 0.2) is 42.5 Å². The largest absolute Gasteiger partial charge is 0.495 e. The lowest BCUT2D eigenvalue weighted by Crippen LogP contribution is -2.19. The fourth-order valence-electron chi connectivity index (χ4n) is 2.04. The number of anilines is 1. The fourth-order valence-corrected chi connectivity index (χ4v) is 2.04. The molecule has 2 aromatic carbocycles. The Morgan fingerprint density at radius 3 is 2.45 bits per heavy atom. The zero-order chi connectivity index (χ0) is 16.3. The predicted molar refractivity (Wildman–Crippen MR) is 77.1 cm³/mol. The lowest BCUT2D eigenvalue weighted by Gasteiger charge is -2.14. The van der Waals surface area contributed by atoms with Gasteiger partial charge in [0.1, 0.15) is 5.75 Å². The van der Waals surface area contributed by atoms with Gasteiger partial charge in [-0.3, -0.25) is 4.79 Å². The molecule has 0 saturated carbocycles. The number of aryl methyl sites for hydroxylation is 1. The predicted octanol–water partition coefficient (Wildman–Crippen LogP) is 4.27. The van der Waals surface area contributed by atoms with Crippen molar-refractivity contribution in [2.24, 2.45) is 0 Å². The first-order chi connectivity index (χ1) is 10.3. The van der Waals surface area contributed by atoms with Crippen molar-refractivity contribution in [1.82, 2.24) is 0 Å². The third-order valence-corrected chi connectivity index (χ3v) is 3.08. The van der Waals surface area contributed by atoms with E-state index in [9.17, 15) is 18.0 Å². The minimum absolute atomic E-state index is 0.324. The molecule has 1 amide bonds. The topological polar surface area (TPSA) is 38.3 Å². The third-order valence-electron chi connectivity index (χ3n) is 3.08. The molecule has 22 heavy (non-hydrogen) atoms. The quantitative estimate of drug-likeness (QED) is 0.919. The van der Waals surface area contributed by atoms with Gasteiger partial charge < -0.3 is 10.1 Å². The Morgan fingerprint density at radius 1 is 1.14 bits per heavy atom. The second-order valence-electron chi connectivity index (χ2n) is 4.70. The smallest absolute Gasteiger partial charge is 0.417 e. The van der Waals surface area contributed by atoms with E-state index in [0.29, 0.717) is 11.4 Å². The maximum atomic E-state index is 13.0. The Balaban J connectivity index is 2.37. The lowest BCUT2D eigenvalue weighted by molar-refractivity contribution is -0.137. The lowest BCUT2D eigenvalue weighted by atomic mass is 10.1. The number of ether oxygens (including phenoxy) is 1. The van der Waals surface area contributed by atoms with Crippen LogP contribution in [-0.4, -0.2) is 13.0 Å². The van der Waals surface area contributed by atoms with Crippen molar-refractivity contribution in [1.29, 1.82) is 0 Å². The van der Waals surface area contributed by atoms with Crippen molar-refractivity contribution in [3.63, 3.8) is 0 Å². The van der Waals surface area contributed by atoms with Crippen molar-refractivity contribution >= 4 is 11.6 Å². The maximum Gasteiger partial charge on any atom is 0.417 e. The number of nitrogens with one attached hydrogen (secondary N) is 1. The normalized spacial score (nSPS) is 11.1. The summed E-state index contributed by atoms with van der Waals surface area (Å²) >= 11 is 0. The van der Waals surface area contributed by atoms with Crippen LogP contribution in [0.1, 0.15) is 21.5 Å². The molecular formula is C16H14F3NO2. The van der Waals surface area contributed by atoms with Gasteiger partial charge >= 0.3 is 6.18 Å². The number of benzene rings is 2. The Kier molecular flexibility index (Phi) is 4.40. The first kappa shape index (κ1) is 15.9. The van der Waals surface area contributed by atoms with Crippen molar-refractivity contribution in [3.05, 3.63) is 59.2 Å². The summed E-state index contributed by atoms with van der Waals surface area (Å²) in [7, 11) is 1.42. The van der Waals surface area contributed by atoms with Crippen molar-refractivity contribution in [2.75, 3.05) is 12.4 Å². The molecule has 1 N–H and O–H groups in total. The molecule has 2 aromatic rings. The number of hydrogen-bond donors (Lipinski definition) is 1. The summed E-state index contributed by atoms with van der Waals surface area (Å²) in [4.78, 5) is 12.2. The van der Waals surface area contributed by atoms with Gasteiger partial charge in [-0.15, -0.1) is 0 Å². The van der Waals surface area contributed by atoms with Gasteiger partial charge in [-0.2, -0.15) is 13.2 Å². The first-order valence-electron chi connectivity index (χ1n) is 6.45. The van der Waals surface area contributed by atoms with Crippen LogP contribution >= 0.6 is 0 Å². The number of methoxy groups -OCH3 is 1. The van der Waals surface area contributed by atoms with Gasteiger partial charge in [0.25, 0.3) is 5.91 Å². The molecule has 0 saturated heterocycles. The first-order valence-corrected chi connectivity index (χ1v) is 6.45. The molecule has 0 aliphatic rings. The van der Waals surface area contributed by atoms with E-state index >= 15 is 0 Å². The molecule has 6 heteroatoms. The Bertz CT molecular complexity index is 696. The second-order valence-corrected chi connectivity index (χ2v) is 4.70. The average Bonchev–Trinajstić information content (AvgIpc) is 2.46. The monoisotopic (exact) mass is 309 g/mol.